The second kappa shape index (κ2) is 9.37. The third-order valence-corrected chi connectivity index (χ3v) is 6.02. The fraction of sp³-hybridized carbons (Fsp3) is 0.333. The van der Waals surface area contributed by atoms with Gasteiger partial charge in [-0.2, -0.15) is 0 Å². The van der Waals surface area contributed by atoms with E-state index in [1.807, 2.05) is 12.1 Å². The van der Waals surface area contributed by atoms with Crippen molar-refractivity contribution in [3.05, 3.63) is 46.0 Å². The number of thiazole rings is 1. The smallest absolute Gasteiger partial charge is 0.286 e. The third-order valence-electron chi connectivity index (χ3n) is 4.94. The summed E-state index contributed by atoms with van der Waals surface area (Å²) in [4.78, 5) is 30.7. The van der Waals surface area contributed by atoms with Gasteiger partial charge in [0.25, 0.3) is 11.6 Å². The molecule has 10 nitrogen and oxygen atoms in total. The summed E-state index contributed by atoms with van der Waals surface area (Å²) in [5.74, 6) is -0.161. The van der Waals surface area contributed by atoms with Crippen LogP contribution in [0.1, 0.15) is 17.3 Å². The van der Waals surface area contributed by atoms with E-state index in [0.717, 1.165) is 28.4 Å². The molecule has 1 saturated heterocycles. The minimum absolute atomic E-state index is 0.117. The molecule has 2 aromatic carbocycles. The average molecular weight is 458 g/mol. The molecule has 0 radical (unpaired) electrons. The van der Waals surface area contributed by atoms with Crippen LogP contribution in [0.2, 0.25) is 0 Å². The molecule has 2 heterocycles. The number of nitro groups is 1. The number of nitrogens with zero attached hydrogens (tertiary/aromatic N) is 3. The number of rotatable bonds is 7. The lowest BCUT2D eigenvalue weighted by Crippen LogP contribution is -2.36. The number of anilines is 2. The summed E-state index contributed by atoms with van der Waals surface area (Å²) in [5.41, 5.74) is 0.860. The number of morpholine rings is 1. The van der Waals surface area contributed by atoms with Crippen LogP contribution in [-0.4, -0.2) is 55.8 Å². The molecular weight excluding hydrogens is 436 g/mol. The number of benzene rings is 2. The summed E-state index contributed by atoms with van der Waals surface area (Å²) < 4.78 is 16.9. The second-order valence-electron chi connectivity index (χ2n) is 6.94. The van der Waals surface area contributed by atoms with Crippen LogP contribution in [-0.2, 0) is 4.74 Å². The first-order valence-corrected chi connectivity index (χ1v) is 10.9. The van der Waals surface area contributed by atoms with Crippen molar-refractivity contribution in [3.63, 3.8) is 0 Å². The molecule has 1 amide bonds. The van der Waals surface area contributed by atoms with Crippen LogP contribution in [0.5, 0.6) is 11.5 Å². The normalized spacial score (nSPS) is 13.8. The molecule has 0 bridgehead atoms. The molecule has 4 rings (SSSR count). The number of hydrogen-bond acceptors (Lipinski definition) is 9. The summed E-state index contributed by atoms with van der Waals surface area (Å²) in [6, 6.07) is 7.88. The SMILES string of the molecule is CCOc1cc([N+](=O)[O-])c(C(=O)Nc2ccc3nc(N4CCOCC4)sc3c2)cc1OC. The van der Waals surface area contributed by atoms with Crippen LogP contribution in [0.15, 0.2) is 30.3 Å². The lowest BCUT2D eigenvalue weighted by Gasteiger charge is -2.25. The van der Waals surface area contributed by atoms with Crippen molar-refractivity contribution in [2.75, 3.05) is 50.2 Å². The first kappa shape index (κ1) is 21.8. The number of aromatic nitrogens is 1. The van der Waals surface area contributed by atoms with Crippen molar-refractivity contribution in [1.29, 1.82) is 0 Å². The molecule has 1 aliphatic heterocycles. The number of nitrogens with one attached hydrogen (secondary N) is 1. The number of carbonyl (C=O) groups is 1. The molecule has 11 heteroatoms. The minimum Gasteiger partial charge on any atom is -0.493 e. The molecule has 0 atom stereocenters. The fourth-order valence-corrected chi connectivity index (χ4v) is 4.45. The maximum Gasteiger partial charge on any atom is 0.286 e. The first-order chi connectivity index (χ1) is 15.5. The predicted molar refractivity (Wildman–Crippen MR) is 121 cm³/mol. The Morgan fingerprint density at radius 3 is 2.75 bits per heavy atom. The van der Waals surface area contributed by atoms with Gasteiger partial charge in [0.1, 0.15) is 5.56 Å². The molecule has 1 fully saturated rings. The lowest BCUT2D eigenvalue weighted by atomic mass is 10.1. The zero-order chi connectivity index (χ0) is 22.7. The van der Waals surface area contributed by atoms with Crippen molar-refractivity contribution in [1.82, 2.24) is 4.98 Å². The van der Waals surface area contributed by atoms with E-state index in [4.69, 9.17) is 14.2 Å². The second-order valence-corrected chi connectivity index (χ2v) is 7.95. The minimum atomic E-state index is -0.615. The zero-order valence-corrected chi connectivity index (χ0v) is 18.4. The highest BCUT2D eigenvalue weighted by Crippen LogP contribution is 2.36. The number of amides is 1. The molecule has 0 unspecified atom stereocenters. The van der Waals surface area contributed by atoms with E-state index in [1.54, 1.807) is 13.0 Å². The molecule has 1 aromatic heterocycles. The van der Waals surface area contributed by atoms with E-state index < -0.39 is 10.8 Å². The molecule has 1 N–H and O–H groups in total. The topological polar surface area (TPSA) is 116 Å². The molecule has 32 heavy (non-hydrogen) atoms. The largest absolute Gasteiger partial charge is 0.493 e. The maximum absolute atomic E-state index is 12.9. The van der Waals surface area contributed by atoms with E-state index in [9.17, 15) is 14.9 Å². The van der Waals surface area contributed by atoms with Crippen LogP contribution < -0.4 is 19.7 Å². The van der Waals surface area contributed by atoms with Crippen LogP contribution in [0.4, 0.5) is 16.5 Å². The Bertz CT molecular complexity index is 1160. The van der Waals surface area contributed by atoms with E-state index in [1.165, 1.54) is 30.6 Å². The molecular formula is C21H22N4O6S. The Balaban J connectivity index is 1.61. The number of hydrogen-bond donors (Lipinski definition) is 1. The Morgan fingerprint density at radius 2 is 2.06 bits per heavy atom. The van der Waals surface area contributed by atoms with E-state index in [-0.39, 0.29) is 22.7 Å². The van der Waals surface area contributed by atoms with Gasteiger partial charge in [-0.05, 0) is 25.1 Å². The first-order valence-electron chi connectivity index (χ1n) is 10.0. The number of carbonyl (C=O) groups excluding carboxylic acids is 1. The molecule has 0 aliphatic carbocycles. The molecule has 168 valence electrons. The van der Waals surface area contributed by atoms with Gasteiger partial charge in [-0.25, -0.2) is 4.98 Å². The highest BCUT2D eigenvalue weighted by molar-refractivity contribution is 7.22. The van der Waals surface area contributed by atoms with Crippen LogP contribution in [0, 0.1) is 10.1 Å². The van der Waals surface area contributed by atoms with Gasteiger partial charge in [0, 0.05) is 24.8 Å². The van der Waals surface area contributed by atoms with Crippen LogP contribution in [0.25, 0.3) is 10.2 Å². The summed E-state index contributed by atoms with van der Waals surface area (Å²) in [7, 11) is 1.41. The maximum atomic E-state index is 12.9. The monoisotopic (exact) mass is 458 g/mol. The Hall–Kier alpha value is -3.44. The van der Waals surface area contributed by atoms with E-state index in [2.05, 4.69) is 15.2 Å². The van der Waals surface area contributed by atoms with Gasteiger partial charge in [-0.3, -0.25) is 14.9 Å². The van der Waals surface area contributed by atoms with Gasteiger partial charge in [0.2, 0.25) is 0 Å². The van der Waals surface area contributed by atoms with Gasteiger partial charge in [-0.1, -0.05) is 11.3 Å². The lowest BCUT2D eigenvalue weighted by molar-refractivity contribution is -0.385. The molecule has 0 saturated carbocycles. The number of methoxy groups -OCH3 is 1. The van der Waals surface area contributed by atoms with Crippen LogP contribution >= 0.6 is 11.3 Å². The van der Waals surface area contributed by atoms with Crippen LogP contribution in [0.3, 0.4) is 0 Å². The van der Waals surface area contributed by atoms with Crippen molar-refractivity contribution >= 4 is 44.0 Å². The summed E-state index contributed by atoms with van der Waals surface area (Å²) in [6.07, 6.45) is 0. The molecule has 3 aromatic rings. The van der Waals surface area contributed by atoms with Crippen molar-refractivity contribution in [2.24, 2.45) is 0 Å². The van der Waals surface area contributed by atoms with Gasteiger partial charge in [0.05, 0.1) is 48.1 Å². The van der Waals surface area contributed by atoms with Crippen molar-refractivity contribution in [2.45, 2.75) is 6.92 Å². The zero-order valence-electron chi connectivity index (χ0n) is 17.6. The van der Waals surface area contributed by atoms with Gasteiger partial charge in [-0.15, -0.1) is 0 Å². The van der Waals surface area contributed by atoms with Gasteiger partial charge >= 0.3 is 0 Å². The summed E-state index contributed by atoms with van der Waals surface area (Å²) in [6.45, 7) is 4.97. The third kappa shape index (κ3) is 4.43. The molecule has 0 spiro atoms. The Labute approximate surface area is 187 Å². The summed E-state index contributed by atoms with van der Waals surface area (Å²) in [5, 5.41) is 15.2. The quantitative estimate of drug-likeness (QED) is 0.421. The standard InChI is InChI=1S/C21H22N4O6S/c1-3-31-18-12-16(25(27)28)14(11-17(18)29-2)20(26)22-13-4-5-15-19(10-13)32-21(23-15)24-6-8-30-9-7-24/h4-5,10-12H,3,6-9H2,1-2H3,(H,22,26). The predicted octanol–water partition coefficient (Wildman–Crippen LogP) is 3.70. The number of fused-ring (bicyclic) bond motifs is 1. The average Bonchev–Trinajstić information content (AvgIpc) is 3.23. The van der Waals surface area contributed by atoms with E-state index >= 15 is 0 Å². The fourth-order valence-electron chi connectivity index (χ4n) is 3.39. The number of ether oxygens (including phenoxy) is 3. The van der Waals surface area contributed by atoms with Gasteiger partial charge < -0.3 is 24.4 Å². The van der Waals surface area contributed by atoms with Crippen molar-refractivity contribution in [3.8, 4) is 11.5 Å². The number of nitro benzene ring substituents is 1. The summed E-state index contributed by atoms with van der Waals surface area (Å²) >= 11 is 1.53. The molecule has 1 aliphatic rings. The highest BCUT2D eigenvalue weighted by Gasteiger charge is 2.25. The van der Waals surface area contributed by atoms with E-state index in [0.29, 0.717) is 25.5 Å². The Kier molecular flexibility index (Phi) is 6.37. The highest BCUT2D eigenvalue weighted by atomic mass is 32.1. The van der Waals surface area contributed by atoms with Crippen molar-refractivity contribution < 1.29 is 23.9 Å². The Morgan fingerprint density at radius 1 is 1.28 bits per heavy atom. The van der Waals surface area contributed by atoms with Gasteiger partial charge in [0.15, 0.2) is 16.6 Å².